The smallest absolute Gasteiger partial charge is 0.0960 e. The predicted octanol–water partition coefficient (Wildman–Crippen LogP) is 2.24. The van der Waals surface area contributed by atoms with Gasteiger partial charge in [0.1, 0.15) is 7.85 Å². The maximum atomic E-state index is 5.66. The highest BCUT2D eigenvalue weighted by Gasteiger charge is 1.93. The van der Waals surface area contributed by atoms with Crippen molar-refractivity contribution in [2.24, 2.45) is 0 Å². The highest BCUT2D eigenvalue weighted by Crippen LogP contribution is 2.15. The molecule has 0 nitrogen and oxygen atoms in total. The zero-order valence-corrected chi connectivity index (χ0v) is 8.58. The molecule has 0 amide bonds. The van der Waals surface area contributed by atoms with Crippen molar-refractivity contribution in [3.8, 4) is 0 Å². The average molecular weight is 264 g/mol. The largest absolute Gasteiger partial charge is 0.113 e. The van der Waals surface area contributed by atoms with E-state index in [1.807, 2.05) is 18.2 Å². The van der Waals surface area contributed by atoms with E-state index < -0.39 is 0 Å². The maximum Gasteiger partial charge on any atom is 0.113 e. The fraction of sp³-hybridized carbons (Fsp3) is 0. The Morgan fingerprint density at radius 2 is 1.58 bits per heavy atom. The van der Waals surface area contributed by atoms with Crippen LogP contribution in [0, 0.1) is 3.57 Å². The Hall–Kier alpha value is -0.505. The molecule has 2 aromatic carbocycles. The van der Waals surface area contributed by atoms with Gasteiger partial charge in [-0.1, -0.05) is 29.7 Å². The van der Waals surface area contributed by atoms with Crippen LogP contribution < -0.4 is 5.46 Å². The van der Waals surface area contributed by atoms with Crippen LogP contribution in [0.3, 0.4) is 0 Å². The van der Waals surface area contributed by atoms with E-state index >= 15 is 0 Å². The standard InChI is InChI=1S/C10H6BI/c11-9-3-1-8-6-10(12)4-2-7(8)5-9/h1-6H. The van der Waals surface area contributed by atoms with Gasteiger partial charge in [0.15, 0.2) is 0 Å². The number of halogens is 1. The van der Waals surface area contributed by atoms with E-state index in [9.17, 15) is 0 Å². The number of hydrogen-bond acceptors (Lipinski definition) is 0. The topological polar surface area (TPSA) is 0 Å². The molecule has 0 heterocycles. The third kappa shape index (κ3) is 1.48. The molecule has 12 heavy (non-hydrogen) atoms. The Morgan fingerprint density at radius 1 is 0.917 bits per heavy atom. The molecule has 0 saturated heterocycles. The third-order valence-corrected chi connectivity index (χ3v) is 2.50. The molecule has 2 aromatic rings. The molecule has 0 spiro atoms. The van der Waals surface area contributed by atoms with Crippen molar-refractivity contribution in [1.29, 1.82) is 0 Å². The molecule has 0 bridgehead atoms. The number of rotatable bonds is 0. The first-order chi connectivity index (χ1) is 5.75. The summed E-state index contributed by atoms with van der Waals surface area (Å²) in [5.41, 5.74) is 0.823. The Bertz CT molecular complexity index is 382. The number of hydrogen-bond donors (Lipinski definition) is 0. The Kier molecular flexibility index (Phi) is 2.09. The van der Waals surface area contributed by atoms with Crippen molar-refractivity contribution in [2.75, 3.05) is 0 Å². The molecule has 0 aliphatic rings. The van der Waals surface area contributed by atoms with Gasteiger partial charge in [0.2, 0.25) is 0 Å². The lowest BCUT2D eigenvalue weighted by Crippen LogP contribution is -1.99. The average Bonchev–Trinajstić information content (AvgIpc) is 2.05. The molecular weight excluding hydrogens is 258 g/mol. The first kappa shape index (κ1) is 8.11. The van der Waals surface area contributed by atoms with Crippen molar-refractivity contribution in [1.82, 2.24) is 0 Å². The molecule has 0 atom stereocenters. The summed E-state index contributed by atoms with van der Waals surface area (Å²) in [6.07, 6.45) is 0. The van der Waals surface area contributed by atoms with Crippen LogP contribution in [0.5, 0.6) is 0 Å². The second-order valence-electron chi connectivity index (χ2n) is 2.75. The van der Waals surface area contributed by atoms with Gasteiger partial charge < -0.3 is 0 Å². The number of benzene rings is 2. The van der Waals surface area contributed by atoms with Crippen molar-refractivity contribution < 1.29 is 0 Å². The summed E-state index contributed by atoms with van der Waals surface area (Å²) in [5, 5.41) is 2.45. The summed E-state index contributed by atoms with van der Waals surface area (Å²) in [5.74, 6) is 0. The van der Waals surface area contributed by atoms with Gasteiger partial charge in [0.05, 0.1) is 0 Å². The van der Waals surface area contributed by atoms with Crippen molar-refractivity contribution in [2.45, 2.75) is 0 Å². The fourth-order valence-electron chi connectivity index (χ4n) is 1.24. The van der Waals surface area contributed by atoms with Gasteiger partial charge >= 0.3 is 0 Å². The van der Waals surface area contributed by atoms with Crippen molar-refractivity contribution in [3.05, 3.63) is 40.0 Å². The quantitative estimate of drug-likeness (QED) is 0.505. The monoisotopic (exact) mass is 264 g/mol. The van der Waals surface area contributed by atoms with Crippen LogP contribution >= 0.6 is 22.6 Å². The molecule has 0 fully saturated rings. The Morgan fingerprint density at radius 3 is 2.42 bits per heavy atom. The molecule has 0 aromatic heterocycles. The molecule has 56 valence electrons. The Balaban J connectivity index is 2.79. The van der Waals surface area contributed by atoms with Gasteiger partial charge in [0.25, 0.3) is 0 Å². The highest BCUT2D eigenvalue weighted by atomic mass is 127. The molecular formula is C10H6BI. The zero-order valence-electron chi connectivity index (χ0n) is 6.42. The van der Waals surface area contributed by atoms with Crippen molar-refractivity contribution in [3.63, 3.8) is 0 Å². The minimum Gasteiger partial charge on any atom is -0.0960 e. The summed E-state index contributed by atoms with van der Waals surface area (Å²) in [6.45, 7) is 0. The van der Waals surface area contributed by atoms with Gasteiger partial charge in [-0.25, -0.2) is 0 Å². The van der Waals surface area contributed by atoms with E-state index in [-0.39, 0.29) is 0 Å². The van der Waals surface area contributed by atoms with E-state index in [0.29, 0.717) is 0 Å². The summed E-state index contributed by atoms with van der Waals surface area (Å²) < 4.78 is 1.25. The lowest BCUT2D eigenvalue weighted by molar-refractivity contribution is 1.72. The second kappa shape index (κ2) is 3.09. The second-order valence-corrected chi connectivity index (χ2v) is 4.00. The van der Waals surface area contributed by atoms with Crippen LogP contribution in [0.4, 0.5) is 0 Å². The normalized spacial score (nSPS) is 10.4. The highest BCUT2D eigenvalue weighted by molar-refractivity contribution is 14.1. The summed E-state index contributed by atoms with van der Waals surface area (Å²) in [4.78, 5) is 0. The lowest BCUT2D eigenvalue weighted by atomic mass is 9.94. The molecule has 2 radical (unpaired) electrons. The van der Waals surface area contributed by atoms with Crippen LogP contribution in [0.25, 0.3) is 10.8 Å². The summed E-state index contributed by atoms with van der Waals surface area (Å²) in [6, 6.07) is 12.3. The van der Waals surface area contributed by atoms with Crippen LogP contribution in [0.2, 0.25) is 0 Å². The van der Waals surface area contributed by atoms with E-state index in [1.165, 1.54) is 14.3 Å². The molecule has 0 unspecified atom stereocenters. The molecule has 0 aliphatic carbocycles. The van der Waals surface area contributed by atoms with Crippen LogP contribution in [-0.4, -0.2) is 7.85 Å². The van der Waals surface area contributed by atoms with Gasteiger partial charge in [-0.3, -0.25) is 0 Å². The first-order valence-electron chi connectivity index (χ1n) is 3.70. The lowest BCUT2D eigenvalue weighted by Gasteiger charge is -1.99. The first-order valence-corrected chi connectivity index (χ1v) is 4.78. The van der Waals surface area contributed by atoms with Crippen LogP contribution in [0.1, 0.15) is 0 Å². The van der Waals surface area contributed by atoms with Gasteiger partial charge in [-0.05, 0) is 45.5 Å². The van der Waals surface area contributed by atoms with E-state index in [4.69, 9.17) is 7.85 Å². The zero-order chi connectivity index (χ0) is 8.55. The Labute approximate surface area is 86.5 Å². The molecule has 0 N–H and O–H groups in total. The number of fused-ring (bicyclic) bond motifs is 1. The summed E-state index contributed by atoms with van der Waals surface area (Å²) >= 11 is 2.31. The van der Waals surface area contributed by atoms with Gasteiger partial charge in [0, 0.05) is 3.57 Å². The third-order valence-electron chi connectivity index (χ3n) is 1.83. The van der Waals surface area contributed by atoms with Gasteiger partial charge in [-0.2, -0.15) is 0 Å². The molecule has 0 aliphatic heterocycles. The predicted molar refractivity (Wildman–Crippen MR) is 62.1 cm³/mol. The maximum absolute atomic E-state index is 5.66. The minimum atomic E-state index is 0.823. The van der Waals surface area contributed by atoms with Crippen molar-refractivity contribution >= 4 is 46.7 Å². The van der Waals surface area contributed by atoms with Gasteiger partial charge in [-0.15, -0.1) is 0 Å². The minimum absolute atomic E-state index is 0.823. The molecule has 2 rings (SSSR count). The van der Waals surface area contributed by atoms with E-state index in [0.717, 1.165) is 5.46 Å². The van der Waals surface area contributed by atoms with Crippen LogP contribution in [0.15, 0.2) is 36.4 Å². The summed E-state index contributed by atoms with van der Waals surface area (Å²) in [7, 11) is 5.66. The van der Waals surface area contributed by atoms with E-state index in [1.54, 1.807) is 0 Å². The molecule has 2 heteroatoms. The molecule has 0 saturated carbocycles. The SMILES string of the molecule is [B]c1ccc2cc(I)ccc2c1. The van der Waals surface area contributed by atoms with Crippen LogP contribution in [-0.2, 0) is 0 Å². The van der Waals surface area contributed by atoms with E-state index in [2.05, 4.69) is 40.8 Å². The fourth-order valence-corrected chi connectivity index (χ4v) is 1.75.